The molecule has 0 atom stereocenters. The lowest BCUT2D eigenvalue weighted by Crippen LogP contribution is -2.14. The van der Waals surface area contributed by atoms with Crippen LogP contribution in [0.5, 0.6) is 0 Å². The second-order valence-corrected chi connectivity index (χ2v) is 6.04. The Bertz CT molecular complexity index is 702. The van der Waals surface area contributed by atoms with Crippen molar-refractivity contribution in [2.24, 2.45) is 0 Å². The van der Waals surface area contributed by atoms with Crippen LogP contribution in [0.15, 0.2) is 24.3 Å². The van der Waals surface area contributed by atoms with Gasteiger partial charge in [-0.25, -0.2) is 4.58 Å². The van der Waals surface area contributed by atoms with E-state index in [1.807, 2.05) is 18.7 Å². The van der Waals surface area contributed by atoms with Crippen LogP contribution >= 0.6 is 22.9 Å². The molecule has 0 saturated heterocycles. The minimum atomic E-state index is -6.00. The summed E-state index contributed by atoms with van der Waals surface area (Å²) in [5.41, 5.74) is 1.01. The zero-order valence-corrected chi connectivity index (χ0v) is 13.0. The number of nitrogens with zero attached hydrogens (tertiary/aromatic N) is 3. The first kappa shape index (κ1) is 18.2. The van der Waals surface area contributed by atoms with Gasteiger partial charge in [0, 0.05) is 29.2 Å². The van der Waals surface area contributed by atoms with Gasteiger partial charge >= 0.3 is 11.2 Å². The Morgan fingerprint density at radius 2 is 1.64 bits per heavy atom. The molecule has 2 rings (SSSR count). The molecule has 0 aliphatic heterocycles. The molecule has 120 valence electrons. The molecule has 0 aliphatic carbocycles. The summed E-state index contributed by atoms with van der Waals surface area (Å²) >= 11 is 3.00. The van der Waals surface area contributed by atoms with E-state index in [1.54, 1.807) is 23.5 Å². The van der Waals surface area contributed by atoms with Crippen LogP contribution in [0.2, 0.25) is 0 Å². The molecule has 0 N–H and O–H groups in total. The van der Waals surface area contributed by atoms with Crippen molar-refractivity contribution < 1.29 is 22.2 Å². The maximum Gasteiger partial charge on any atom is 0.673 e. The average Bonchev–Trinajstić information content (AvgIpc) is 2.86. The Morgan fingerprint density at radius 3 is 2.00 bits per heavy atom. The van der Waals surface area contributed by atoms with Crippen LogP contribution < -0.4 is 8.56 Å². The quantitative estimate of drug-likeness (QED) is 0.273. The van der Waals surface area contributed by atoms with Gasteiger partial charge in [0.05, 0.1) is 4.92 Å². The van der Waals surface area contributed by atoms with Crippen molar-refractivity contribution in [2.45, 2.75) is 0 Å². The molecule has 2 aromatic rings. The predicted octanol–water partition coefficient (Wildman–Crippen LogP) is 3.11. The van der Waals surface area contributed by atoms with E-state index in [2.05, 4.69) is 4.37 Å². The van der Waals surface area contributed by atoms with Gasteiger partial charge in [0.1, 0.15) is 19.1 Å². The van der Waals surface area contributed by atoms with Gasteiger partial charge in [-0.1, -0.05) is 0 Å². The van der Waals surface area contributed by atoms with Crippen LogP contribution in [0.25, 0.3) is 10.6 Å². The average molecular weight is 355 g/mol. The normalized spacial score (nSPS) is 10.6. The molecule has 22 heavy (non-hydrogen) atoms. The van der Waals surface area contributed by atoms with Gasteiger partial charge in [0.2, 0.25) is 0 Å². The molecule has 0 saturated carbocycles. The number of hydrogen-bond donors (Lipinski definition) is 0. The van der Waals surface area contributed by atoms with Gasteiger partial charge in [-0.2, -0.15) is 4.37 Å². The number of rotatable bonds is 2. The fourth-order valence-corrected chi connectivity index (χ4v) is 3.00. The Morgan fingerprint density at radius 1 is 1.14 bits per heavy atom. The zero-order chi connectivity index (χ0) is 16.9. The lowest BCUT2D eigenvalue weighted by atomic mass is 10.2. The summed E-state index contributed by atoms with van der Waals surface area (Å²) < 4.78 is 46.4. The minimum Gasteiger partial charge on any atom is -0.418 e. The van der Waals surface area contributed by atoms with Crippen LogP contribution in [-0.2, 0) is 0 Å². The van der Waals surface area contributed by atoms with Crippen molar-refractivity contribution in [3.8, 4) is 10.6 Å². The maximum atomic E-state index is 10.5. The summed E-state index contributed by atoms with van der Waals surface area (Å²) in [6, 6.07) is 6.44. The zero-order valence-electron chi connectivity index (χ0n) is 11.4. The Balaban J connectivity index is 0.000000422. The first-order valence-electron chi connectivity index (χ1n) is 5.67. The van der Waals surface area contributed by atoms with E-state index in [4.69, 9.17) is 0 Å². The third-order valence-electron chi connectivity index (χ3n) is 2.08. The highest BCUT2D eigenvalue weighted by Crippen LogP contribution is 2.23. The summed E-state index contributed by atoms with van der Waals surface area (Å²) in [5.74, 6) is 0. The highest BCUT2D eigenvalue weighted by Gasteiger charge is 2.20. The van der Waals surface area contributed by atoms with Crippen molar-refractivity contribution in [1.29, 1.82) is 0 Å². The van der Waals surface area contributed by atoms with Crippen molar-refractivity contribution in [1.82, 2.24) is 8.95 Å². The third-order valence-corrected chi connectivity index (χ3v) is 4.53. The van der Waals surface area contributed by atoms with E-state index in [9.17, 15) is 27.4 Å². The number of benzene rings is 1. The molecular formula is C10H10BF4N3O2S2. The number of aromatic nitrogens is 1. The van der Waals surface area contributed by atoms with Gasteiger partial charge in [-0.15, -0.1) is 0 Å². The highest BCUT2D eigenvalue weighted by molar-refractivity contribution is 7.25. The first-order valence-corrected chi connectivity index (χ1v) is 7.26. The summed E-state index contributed by atoms with van der Waals surface area (Å²) in [6.07, 6.45) is 0. The van der Waals surface area contributed by atoms with Crippen LogP contribution in [0.1, 0.15) is 0 Å². The second kappa shape index (κ2) is 7.45. The van der Waals surface area contributed by atoms with E-state index in [1.165, 1.54) is 23.7 Å². The smallest absolute Gasteiger partial charge is 0.418 e. The topological polar surface area (TPSA) is 59.0 Å². The van der Waals surface area contributed by atoms with Crippen molar-refractivity contribution in [2.75, 3.05) is 14.1 Å². The third kappa shape index (κ3) is 6.31. The molecule has 0 spiro atoms. The maximum absolute atomic E-state index is 10.5. The molecule has 0 radical (unpaired) electrons. The van der Waals surface area contributed by atoms with Gasteiger partial charge in [0.25, 0.3) is 5.69 Å². The number of nitro benzene ring substituents is 1. The Hall–Kier alpha value is -1.82. The second-order valence-electron chi connectivity index (χ2n) is 4.05. The van der Waals surface area contributed by atoms with E-state index < -0.39 is 12.2 Å². The molecule has 1 aromatic heterocycles. The minimum absolute atomic E-state index is 0.0989. The molecule has 0 amide bonds. The van der Waals surface area contributed by atoms with Gasteiger partial charge in [0.15, 0.2) is 0 Å². The van der Waals surface area contributed by atoms with E-state index in [-0.39, 0.29) is 5.69 Å². The number of non-ortho nitro benzene ring substituents is 1. The fourth-order valence-electron chi connectivity index (χ4n) is 1.21. The predicted molar refractivity (Wildman–Crippen MR) is 79.4 cm³/mol. The number of hydrogen-bond acceptors (Lipinski definition) is 5. The van der Waals surface area contributed by atoms with Crippen molar-refractivity contribution in [3.63, 3.8) is 0 Å². The van der Waals surface area contributed by atoms with Crippen molar-refractivity contribution in [3.05, 3.63) is 38.4 Å². The molecule has 1 aromatic carbocycles. The van der Waals surface area contributed by atoms with Gasteiger partial charge in [-0.3, -0.25) is 10.1 Å². The first-order chi connectivity index (χ1) is 10.1. The van der Waals surface area contributed by atoms with Crippen LogP contribution in [-0.4, -0.2) is 30.6 Å². The molecule has 5 nitrogen and oxygen atoms in total. The van der Waals surface area contributed by atoms with E-state index in [0.717, 1.165) is 14.6 Å². The lowest BCUT2D eigenvalue weighted by Gasteiger charge is -1.94. The van der Waals surface area contributed by atoms with Gasteiger partial charge in [-0.05, 0) is 23.5 Å². The van der Waals surface area contributed by atoms with Crippen molar-refractivity contribution >= 4 is 35.8 Å². The molecule has 0 unspecified atom stereocenters. The molecule has 12 heteroatoms. The van der Waals surface area contributed by atoms with E-state index in [0.29, 0.717) is 0 Å². The van der Waals surface area contributed by atoms with Crippen LogP contribution in [0, 0.1) is 10.1 Å². The molecular weight excluding hydrogens is 345 g/mol. The lowest BCUT2D eigenvalue weighted by molar-refractivity contribution is -0.384. The Labute approximate surface area is 130 Å². The number of nitro groups is 1. The summed E-state index contributed by atoms with van der Waals surface area (Å²) in [7, 11) is -2.08. The molecule has 1 heterocycles. The summed E-state index contributed by atoms with van der Waals surface area (Å²) in [4.78, 5) is 10.1. The Kier molecular flexibility index (Phi) is 6.17. The molecule has 0 fully saturated rings. The fraction of sp³-hybridized carbons (Fsp3) is 0.200. The van der Waals surface area contributed by atoms with Crippen LogP contribution in [0.3, 0.4) is 0 Å². The van der Waals surface area contributed by atoms with Crippen LogP contribution in [0.4, 0.5) is 23.0 Å². The standard InChI is InChI=1S/C10H10N3O2S2.BF4/c1-12(2)10-16-9(11-17-10)7-3-5-8(6-4-7)13(14)15;2-1(3,4)5/h3-6H,1-2H3;/q+1;-1. The SMILES string of the molecule is C[N+](C)=c1snc(-c2ccc([N+](=O)[O-])cc2)s1.F[B-](F)(F)F. The molecule has 0 aliphatic rings. The molecule has 0 bridgehead atoms. The van der Waals surface area contributed by atoms with E-state index >= 15 is 0 Å². The monoisotopic (exact) mass is 355 g/mol. The number of halogens is 4. The largest absolute Gasteiger partial charge is 0.673 e. The van der Waals surface area contributed by atoms with Gasteiger partial charge < -0.3 is 17.3 Å². The summed E-state index contributed by atoms with van der Waals surface area (Å²) in [5, 5.41) is 11.4. The highest BCUT2D eigenvalue weighted by atomic mass is 32.2. The summed E-state index contributed by atoms with van der Waals surface area (Å²) in [6.45, 7) is 0.